The standard InChI is InChI=1S/C12H21N3O/c1-5-16-12(3,4)11-14-7-6-10(15-11)8-9(2)13/h6-7,9H,5,8,13H2,1-4H3. The van der Waals surface area contributed by atoms with Crippen molar-refractivity contribution in [2.75, 3.05) is 6.61 Å². The van der Waals surface area contributed by atoms with Crippen LogP contribution in [0, 0.1) is 0 Å². The number of ether oxygens (including phenoxy) is 1. The van der Waals surface area contributed by atoms with Crippen molar-refractivity contribution >= 4 is 0 Å². The number of nitrogens with zero attached hydrogens (tertiary/aromatic N) is 2. The summed E-state index contributed by atoms with van der Waals surface area (Å²) in [5, 5.41) is 0. The van der Waals surface area contributed by atoms with Crippen LogP contribution in [-0.4, -0.2) is 22.6 Å². The summed E-state index contributed by atoms with van der Waals surface area (Å²) in [7, 11) is 0. The van der Waals surface area contributed by atoms with Crippen molar-refractivity contribution in [2.45, 2.75) is 45.8 Å². The first-order valence-corrected chi connectivity index (χ1v) is 5.67. The first kappa shape index (κ1) is 13.1. The van der Waals surface area contributed by atoms with E-state index in [9.17, 15) is 0 Å². The molecule has 0 saturated carbocycles. The number of aromatic nitrogens is 2. The molecule has 90 valence electrons. The van der Waals surface area contributed by atoms with Crippen LogP contribution in [0.15, 0.2) is 12.3 Å². The van der Waals surface area contributed by atoms with Gasteiger partial charge in [-0.15, -0.1) is 0 Å². The maximum atomic E-state index is 5.75. The van der Waals surface area contributed by atoms with E-state index in [0.29, 0.717) is 12.4 Å². The van der Waals surface area contributed by atoms with Crippen LogP contribution in [0.2, 0.25) is 0 Å². The van der Waals surface area contributed by atoms with Gasteiger partial charge in [-0.1, -0.05) is 0 Å². The molecule has 4 heteroatoms. The van der Waals surface area contributed by atoms with Gasteiger partial charge in [0.25, 0.3) is 0 Å². The molecule has 16 heavy (non-hydrogen) atoms. The van der Waals surface area contributed by atoms with Gasteiger partial charge < -0.3 is 10.5 Å². The maximum absolute atomic E-state index is 5.75. The summed E-state index contributed by atoms with van der Waals surface area (Å²) in [6.45, 7) is 8.53. The lowest BCUT2D eigenvalue weighted by Crippen LogP contribution is -2.26. The molecule has 1 aromatic rings. The van der Waals surface area contributed by atoms with Gasteiger partial charge in [-0.25, -0.2) is 9.97 Å². The second-order valence-electron chi connectivity index (χ2n) is 4.50. The smallest absolute Gasteiger partial charge is 0.159 e. The maximum Gasteiger partial charge on any atom is 0.159 e. The van der Waals surface area contributed by atoms with Crippen LogP contribution in [0.25, 0.3) is 0 Å². The highest BCUT2D eigenvalue weighted by atomic mass is 16.5. The molecule has 0 radical (unpaired) electrons. The van der Waals surface area contributed by atoms with E-state index in [1.165, 1.54) is 0 Å². The Bertz CT molecular complexity index is 337. The third-order valence-corrected chi connectivity index (χ3v) is 2.29. The van der Waals surface area contributed by atoms with Crippen LogP contribution < -0.4 is 5.73 Å². The first-order chi connectivity index (χ1) is 7.45. The number of hydrogen-bond acceptors (Lipinski definition) is 4. The minimum atomic E-state index is -0.442. The molecule has 0 fully saturated rings. The van der Waals surface area contributed by atoms with E-state index in [2.05, 4.69) is 9.97 Å². The molecule has 0 bridgehead atoms. The van der Waals surface area contributed by atoms with Crippen molar-refractivity contribution in [3.8, 4) is 0 Å². The van der Waals surface area contributed by atoms with Gasteiger partial charge in [-0.2, -0.15) is 0 Å². The topological polar surface area (TPSA) is 61.0 Å². The monoisotopic (exact) mass is 223 g/mol. The van der Waals surface area contributed by atoms with E-state index in [1.807, 2.05) is 33.8 Å². The lowest BCUT2D eigenvalue weighted by atomic mass is 10.1. The Labute approximate surface area is 97.2 Å². The summed E-state index contributed by atoms with van der Waals surface area (Å²) in [6, 6.07) is 2.01. The Balaban J connectivity index is 2.89. The van der Waals surface area contributed by atoms with Gasteiger partial charge in [-0.3, -0.25) is 0 Å². The molecule has 1 unspecified atom stereocenters. The van der Waals surface area contributed by atoms with E-state index >= 15 is 0 Å². The second kappa shape index (κ2) is 5.37. The largest absolute Gasteiger partial charge is 0.368 e. The van der Waals surface area contributed by atoms with Crippen molar-refractivity contribution in [2.24, 2.45) is 5.73 Å². The molecular formula is C12H21N3O. The van der Waals surface area contributed by atoms with Crippen molar-refractivity contribution in [3.63, 3.8) is 0 Å². The zero-order valence-electron chi connectivity index (χ0n) is 10.5. The average Bonchev–Trinajstić information content (AvgIpc) is 2.17. The predicted molar refractivity (Wildman–Crippen MR) is 64.0 cm³/mol. The fourth-order valence-electron chi connectivity index (χ4n) is 1.56. The van der Waals surface area contributed by atoms with Crippen LogP contribution in [0.3, 0.4) is 0 Å². The van der Waals surface area contributed by atoms with E-state index in [-0.39, 0.29) is 6.04 Å². The average molecular weight is 223 g/mol. The molecule has 0 aliphatic heterocycles. The molecule has 4 nitrogen and oxygen atoms in total. The first-order valence-electron chi connectivity index (χ1n) is 5.67. The van der Waals surface area contributed by atoms with E-state index in [0.717, 1.165) is 12.1 Å². The van der Waals surface area contributed by atoms with Crippen molar-refractivity contribution in [3.05, 3.63) is 23.8 Å². The Morgan fingerprint density at radius 3 is 2.75 bits per heavy atom. The van der Waals surface area contributed by atoms with Gasteiger partial charge in [-0.05, 0) is 33.8 Å². The van der Waals surface area contributed by atoms with Gasteiger partial charge in [0.15, 0.2) is 5.82 Å². The fourth-order valence-corrected chi connectivity index (χ4v) is 1.56. The van der Waals surface area contributed by atoms with Gasteiger partial charge in [0.2, 0.25) is 0 Å². The van der Waals surface area contributed by atoms with Crippen molar-refractivity contribution in [1.29, 1.82) is 0 Å². The van der Waals surface area contributed by atoms with Crippen LogP contribution >= 0.6 is 0 Å². The molecule has 0 spiro atoms. The fraction of sp³-hybridized carbons (Fsp3) is 0.667. The molecule has 1 rings (SSSR count). The van der Waals surface area contributed by atoms with Gasteiger partial charge in [0.05, 0.1) is 0 Å². The lowest BCUT2D eigenvalue weighted by Gasteiger charge is -2.23. The molecule has 0 aliphatic carbocycles. The van der Waals surface area contributed by atoms with Crippen LogP contribution in [0.1, 0.15) is 39.2 Å². The molecule has 0 aliphatic rings. The van der Waals surface area contributed by atoms with Crippen LogP contribution in [0.4, 0.5) is 0 Å². The van der Waals surface area contributed by atoms with E-state index in [4.69, 9.17) is 10.5 Å². The Morgan fingerprint density at radius 1 is 1.50 bits per heavy atom. The molecule has 0 amide bonds. The van der Waals surface area contributed by atoms with Gasteiger partial charge in [0.1, 0.15) is 5.60 Å². The number of rotatable bonds is 5. The van der Waals surface area contributed by atoms with Gasteiger partial charge >= 0.3 is 0 Å². The van der Waals surface area contributed by atoms with Crippen molar-refractivity contribution in [1.82, 2.24) is 9.97 Å². The molecule has 1 aromatic heterocycles. The zero-order valence-corrected chi connectivity index (χ0v) is 10.5. The molecule has 1 heterocycles. The highest BCUT2D eigenvalue weighted by Gasteiger charge is 2.24. The highest BCUT2D eigenvalue weighted by molar-refractivity contribution is 5.08. The lowest BCUT2D eigenvalue weighted by molar-refractivity contribution is -0.0209. The summed E-state index contributed by atoms with van der Waals surface area (Å²) in [5.41, 5.74) is 6.27. The van der Waals surface area contributed by atoms with Crippen LogP contribution in [0.5, 0.6) is 0 Å². The summed E-state index contributed by atoms with van der Waals surface area (Å²) >= 11 is 0. The van der Waals surface area contributed by atoms with E-state index in [1.54, 1.807) is 6.20 Å². The summed E-state index contributed by atoms with van der Waals surface area (Å²) in [6.07, 6.45) is 2.53. The Hall–Kier alpha value is -1.00. The predicted octanol–water partition coefficient (Wildman–Crippen LogP) is 1.64. The minimum Gasteiger partial charge on any atom is -0.368 e. The van der Waals surface area contributed by atoms with Crippen LogP contribution in [-0.2, 0) is 16.8 Å². The summed E-state index contributed by atoms with van der Waals surface area (Å²) in [4.78, 5) is 8.75. The number of nitrogens with two attached hydrogens (primary N) is 1. The Kier molecular flexibility index (Phi) is 4.38. The van der Waals surface area contributed by atoms with E-state index < -0.39 is 5.60 Å². The molecule has 0 aromatic carbocycles. The molecule has 0 saturated heterocycles. The normalized spacial score (nSPS) is 13.8. The second-order valence-corrected chi connectivity index (χ2v) is 4.50. The summed E-state index contributed by atoms with van der Waals surface area (Å²) in [5.74, 6) is 0.715. The third kappa shape index (κ3) is 3.54. The van der Waals surface area contributed by atoms with Crippen molar-refractivity contribution < 1.29 is 4.74 Å². The Morgan fingerprint density at radius 2 is 2.19 bits per heavy atom. The van der Waals surface area contributed by atoms with Gasteiger partial charge in [0, 0.05) is 31.0 Å². The molecule has 1 atom stereocenters. The SMILES string of the molecule is CCOC(C)(C)c1nccc(CC(C)N)n1. The summed E-state index contributed by atoms with van der Waals surface area (Å²) < 4.78 is 5.62. The zero-order chi connectivity index (χ0) is 12.2. The molecular weight excluding hydrogens is 202 g/mol. The molecule has 2 N–H and O–H groups in total. The quantitative estimate of drug-likeness (QED) is 0.824. The number of hydrogen-bond donors (Lipinski definition) is 1. The highest BCUT2D eigenvalue weighted by Crippen LogP contribution is 2.20. The third-order valence-electron chi connectivity index (χ3n) is 2.29. The minimum absolute atomic E-state index is 0.109.